The summed E-state index contributed by atoms with van der Waals surface area (Å²) in [6.45, 7) is 1.91. The number of hydrogen-bond donors (Lipinski definition) is 2. The van der Waals surface area contributed by atoms with Gasteiger partial charge in [-0.3, -0.25) is 9.59 Å². The molecule has 0 bridgehead atoms. The molecular weight excluding hydrogens is 354 g/mol. The van der Waals surface area contributed by atoms with Gasteiger partial charge >= 0.3 is 0 Å². The van der Waals surface area contributed by atoms with E-state index in [4.69, 9.17) is 0 Å². The molecule has 1 atom stereocenters. The molecule has 0 saturated heterocycles. The second-order valence-corrected chi connectivity index (χ2v) is 7.22. The van der Waals surface area contributed by atoms with Crippen LogP contribution in [0.2, 0.25) is 0 Å². The van der Waals surface area contributed by atoms with Crippen molar-refractivity contribution in [2.75, 3.05) is 5.32 Å². The lowest BCUT2D eigenvalue weighted by atomic mass is 9.89. The second kappa shape index (κ2) is 5.05. The van der Waals surface area contributed by atoms with E-state index in [-0.39, 0.29) is 12.2 Å². The molecule has 0 aliphatic carbocycles. The number of thiophene rings is 1. The lowest BCUT2D eigenvalue weighted by molar-refractivity contribution is -0.133. The highest BCUT2D eigenvalue weighted by molar-refractivity contribution is 9.10. The molecular formula is C15H12BrNO3S. The Labute approximate surface area is 133 Å². The number of benzene rings is 1. The van der Waals surface area contributed by atoms with Crippen LogP contribution in [0, 0.1) is 6.92 Å². The van der Waals surface area contributed by atoms with Crippen LogP contribution in [-0.2, 0) is 10.4 Å². The van der Waals surface area contributed by atoms with Crippen LogP contribution in [0.1, 0.15) is 26.5 Å². The van der Waals surface area contributed by atoms with E-state index in [1.54, 1.807) is 24.3 Å². The molecule has 1 amide bonds. The van der Waals surface area contributed by atoms with Crippen LogP contribution in [0.3, 0.4) is 0 Å². The highest BCUT2D eigenvalue weighted by Gasteiger charge is 2.47. The van der Waals surface area contributed by atoms with Gasteiger partial charge in [-0.05, 0) is 37.3 Å². The van der Waals surface area contributed by atoms with Crippen molar-refractivity contribution in [3.63, 3.8) is 0 Å². The molecule has 0 unspecified atom stereocenters. The Morgan fingerprint density at radius 1 is 1.38 bits per heavy atom. The van der Waals surface area contributed by atoms with Gasteiger partial charge in [-0.1, -0.05) is 15.9 Å². The number of carbonyl (C=O) groups is 2. The smallest absolute Gasteiger partial charge is 0.261 e. The first-order chi connectivity index (χ1) is 9.90. The molecule has 21 heavy (non-hydrogen) atoms. The summed E-state index contributed by atoms with van der Waals surface area (Å²) in [7, 11) is 0. The molecule has 6 heteroatoms. The number of aliphatic hydroxyl groups is 1. The van der Waals surface area contributed by atoms with E-state index < -0.39 is 11.5 Å². The van der Waals surface area contributed by atoms with Gasteiger partial charge in [-0.25, -0.2) is 0 Å². The Morgan fingerprint density at radius 2 is 2.14 bits per heavy atom. The van der Waals surface area contributed by atoms with Crippen LogP contribution in [0.25, 0.3) is 0 Å². The van der Waals surface area contributed by atoms with Crippen molar-refractivity contribution in [3.8, 4) is 0 Å². The van der Waals surface area contributed by atoms with E-state index in [9.17, 15) is 14.7 Å². The molecule has 1 aromatic carbocycles. The Morgan fingerprint density at radius 3 is 2.81 bits per heavy atom. The van der Waals surface area contributed by atoms with E-state index in [0.717, 1.165) is 9.35 Å². The number of rotatable bonds is 3. The standard InChI is InChI=1S/C15H12BrNO3S/c1-8-2-5-13(21-8)12(18)7-15(20)10-6-9(16)3-4-11(10)17-14(15)19/h2-6,20H,7H2,1H3,(H,17,19)/t15-/m0/s1. The first-order valence-corrected chi connectivity index (χ1v) is 7.94. The highest BCUT2D eigenvalue weighted by atomic mass is 79.9. The molecule has 0 radical (unpaired) electrons. The van der Waals surface area contributed by atoms with Crippen molar-refractivity contribution in [1.82, 2.24) is 0 Å². The van der Waals surface area contributed by atoms with Crippen LogP contribution in [-0.4, -0.2) is 16.8 Å². The van der Waals surface area contributed by atoms with Gasteiger partial charge < -0.3 is 10.4 Å². The van der Waals surface area contributed by atoms with Gasteiger partial charge in [0.15, 0.2) is 11.4 Å². The third-order valence-corrected chi connectivity index (χ3v) is 5.02. The normalized spacial score (nSPS) is 20.2. The summed E-state index contributed by atoms with van der Waals surface area (Å²) in [4.78, 5) is 26.0. The SMILES string of the molecule is Cc1ccc(C(=O)C[C@@]2(O)C(=O)Nc3ccc(Br)cc32)s1. The Kier molecular flexibility index (Phi) is 3.47. The minimum absolute atomic E-state index is 0.237. The van der Waals surface area contributed by atoms with Crippen molar-refractivity contribution in [3.05, 3.63) is 50.1 Å². The quantitative estimate of drug-likeness (QED) is 0.820. The number of fused-ring (bicyclic) bond motifs is 1. The van der Waals surface area contributed by atoms with E-state index in [0.29, 0.717) is 16.1 Å². The molecule has 0 saturated carbocycles. The monoisotopic (exact) mass is 365 g/mol. The number of nitrogens with one attached hydrogen (secondary N) is 1. The molecule has 1 aliphatic heterocycles. The van der Waals surface area contributed by atoms with E-state index in [1.807, 2.05) is 13.0 Å². The number of amides is 1. The molecule has 4 nitrogen and oxygen atoms in total. The van der Waals surface area contributed by atoms with E-state index in [1.165, 1.54) is 11.3 Å². The van der Waals surface area contributed by atoms with Gasteiger partial charge in [-0.15, -0.1) is 11.3 Å². The lowest BCUT2D eigenvalue weighted by Gasteiger charge is -2.19. The van der Waals surface area contributed by atoms with Gasteiger partial charge in [0.2, 0.25) is 0 Å². The zero-order chi connectivity index (χ0) is 15.2. The summed E-state index contributed by atoms with van der Waals surface area (Å²) in [5, 5.41) is 13.3. The maximum absolute atomic E-state index is 12.3. The third kappa shape index (κ3) is 2.43. The molecule has 3 rings (SSSR count). The average Bonchev–Trinajstić information content (AvgIpc) is 2.95. The summed E-state index contributed by atoms with van der Waals surface area (Å²) < 4.78 is 0.746. The molecule has 2 aromatic rings. The van der Waals surface area contributed by atoms with Crippen LogP contribution >= 0.6 is 27.3 Å². The lowest BCUT2D eigenvalue weighted by Crippen LogP contribution is -2.36. The van der Waals surface area contributed by atoms with Crippen molar-refractivity contribution in [2.24, 2.45) is 0 Å². The van der Waals surface area contributed by atoms with Gasteiger partial charge in [0.25, 0.3) is 5.91 Å². The molecule has 2 N–H and O–H groups in total. The number of aryl methyl sites for hydroxylation is 1. The Hall–Kier alpha value is -1.50. The zero-order valence-corrected chi connectivity index (χ0v) is 13.5. The minimum atomic E-state index is -1.81. The number of hydrogen-bond acceptors (Lipinski definition) is 4. The first kappa shape index (κ1) is 14.4. The van der Waals surface area contributed by atoms with E-state index in [2.05, 4.69) is 21.2 Å². The summed E-state index contributed by atoms with van der Waals surface area (Å²) >= 11 is 4.68. The fourth-order valence-electron chi connectivity index (χ4n) is 2.40. The largest absolute Gasteiger partial charge is 0.375 e. The fourth-order valence-corrected chi connectivity index (χ4v) is 3.56. The molecule has 2 heterocycles. The minimum Gasteiger partial charge on any atom is -0.375 e. The van der Waals surface area contributed by atoms with Gasteiger partial charge in [0.1, 0.15) is 0 Å². The fraction of sp³-hybridized carbons (Fsp3) is 0.200. The van der Waals surface area contributed by atoms with Crippen LogP contribution < -0.4 is 5.32 Å². The molecule has 0 fully saturated rings. The maximum atomic E-state index is 12.3. The van der Waals surface area contributed by atoms with Gasteiger partial charge in [0, 0.05) is 20.6 Å². The molecule has 1 aromatic heterocycles. The predicted molar refractivity (Wildman–Crippen MR) is 84.7 cm³/mol. The van der Waals surface area contributed by atoms with Crippen LogP contribution in [0.5, 0.6) is 0 Å². The highest BCUT2D eigenvalue weighted by Crippen LogP contribution is 2.40. The summed E-state index contributed by atoms with van der Waals surface area (Å²) in [6.07, 6.45) is -0.262. The van der Waals surface area contributed by atoms with E-state index >= 15 is 0 Å². The summed E-state index contributed by atoms with van der Waals surface area (Å²) in [5.74, 6) is -0.796. The third-order valence-electron chi connectivity index (χ3n) is 3.48. The summed E-state index contributed by atoms with van der Waals surface area (Å²) in [6, 6.07) is 8.71. The topological polar surface area (TPSA) is 66.4 Å². The summed E-state index contributed by atoms with van der Waals surface area (Å²) in [5.41, 5.74) is -0.835. The van der Waals surface area contributed by atoms with Gasteiger partial charge in [0.05, 0.1) is 11.3 Å². The number of ketones is 1. The molecule has 1 aliphatic rings. The number of anilines is 1. The van der Waals surface area contributed by atoms with Crippen molar-refractivity contribution in [1.29, 1.82) is 0 Å². The Bertz CT molecular complexity index is 755. The van der Waals surface area contributed by atoms with Crippen LogP contribution in [0.15, 0.2) is 34.8 Å². The zero-order valence-electron chi connectivity index (χ0n) is 11.1. The maximum Gasteiger partial charge on any atom is 0.261 e. The van der Waals surface area contributed by atoms with Crippen molar-refractivity contribution < 1.29 is 14.7 Å². The molecule has 0 spiro atoms. The number of Topliss-reactive ketones (excluding diaryl/α,β-unsaturated/α-hetero) is 1. The number of carbonyl (C=O) groups excluding carboxylic acids is 2. The molecule has 108 valence electrons. The van der Waals surface area contributed by atoms with Crippen LogP contribution in [0.4, 0.5) is 5.69 Å². The number of halogens is 1. The first-order valence-electron chi connectivity index (χ1n) is 6.33. The predicted octanol–water partition coefficient (Wildman–Crippen LogP) is 3.23. The second-order valence-electron chi connectivity index (χ2n) is 5.01. The van der Waals surface area contributed by atoms with Crippen molar-refractivity contribution in [2.45, 2.75) is 18.9 Å². The average molecular weight is 366 g/mol. The van der Waals surface area contributed by atoms with Crippen molar-refractivity contribution >= 4 is 44.6 Å². The van der Waals surface area contributed by atoms with Gasteiger partial charge in [-0.2, -0.15) is 0 Å². The Balaban J connectivity index is 1.96.